The van der Waals surface area contributed by atoms with E-state index in [9.17, 15) is 8.42 Å². The van der Waals surface area contributed by atoms with Gasteiger partial charge in [0.15, 0.2) is 0 Å². The molecule has 0 aromatic carbocycles. The molecule has 2 N–H and O–H groups in total. The number of ether oxygens (including phenoxy) is 1. The summed E-state index contributed by atoms with van der Waals surface area (Å²) in [7, 11) is -1.80. The summed E-state index contributed by atoms with van der Waals surface area (Å²) < 4.78 is 32.7. The average molecular weight is 285 g/mol. The van der Waals surface area contributed by atoms with E-state index in [1.165, 1.54) is 18.3 Å². The Morgan fingerprint density at radius 3 is 2.95 bits per heavy atom. The van der Waals surface area contributed by atoms with Crippen molar-refractivity contribution in [3.8, 4) is 0 Å². The van der Waals surface area contributed by atoms with Gasteiger partial charge in [0, 0.05) is 32.0 Å². The van der Waals surface area contributed by atoms with Crippen LogP contribution in [0.15, 0.2) is 23.2 Å². The third-order valence-corrected chi connectivity index (χ3v) is 4.62. The Labute approximate surface area is 113 Å². The van der Waals surface area contributed by atoms with Gasteiger partial charge in [0.2, 0.25) is 10.0 Å². The molecule has 1 aliphatic rings. The van der Waals surface area contributed by atoms with E-state index >= 15 is 0 Å². The van der Waals surface area contributed by atoms with Crippen LogP contribution in [0.3, 0.4) is 0 Å². The van der Waals surface area contributed by atoms with E-state index in [0.29, 0.717) is 25.3 Å². The van der Waals surface area contributed by atoms with Crippen molar-refractivity contribution in [3.05, 3.63) is 18.3 Å². The molecule has 0 aliphatic carbocycles. The second kappa shape index (κ2) is 5.85. The highest BCUT2D eigenvalue weighted by Crippen LogP contribution is 2.17. The maximum absolute atomic E-state index is 12.3. The minimum atomic E-state index is -3.50. The zero-order chi connectivity index (χ0) is 13.9. The minimum Gasteiger partial charge on any atom is -0.378 e. The quantitative estimate of drug-likeness (QED) is 0.861. The molecule has 2 rings (SSSR count). The molecule has 1 fully saturated rings. The van der Waals surface area contributed by atoms with Crippen LogP contribution < -0.4 is 10.0 Å². The predicted molar refractivity (Wildman–Crippen MR) is 72.5 cm³/mol. The largest absolute Gasteiger partial charge is 0.378 e. The molecule has 0 radical (unpaired) electrons. The van der Waals surface area contributed by atoms with Gasteiger partial charge < -0.3 is 10.1 Å². The molecule has 7 heteroatoms. The molecule has 1 aliphatic heterocycles. The third kappa shape index (κ3) is 3.65. The molecule has 0 spiro atoms. The zero-order valence-electron chi connectivity index (χ0n) is 11.1. The Balaban J connectivity index is 2.13. The first-order chi connectivity index (χ1) is 9.01. The number of hydrogen-bond donors (Lipinski definition) is 2. The molecule has 1 aromatic heterocycles. The van der Waals surface area contributed by atoms with Crippen LogP contribution in [0.5, 0.6) is 0 Å². The minimum absolute atomic E-state index is 0.0695. The van der Waals surface area contributed by atoms with Gasteiger partial charge in [0.25, 0.3) is 0 Å². The van der Waals surface area contributed by atoms with Crippen LogP contribution in [0, 0.1) is 0 Å². The molecule has 1 aromatic rings. The van der Waals surface area contributed by atoms with Crippen molar-refractivity contribution >= 4 is 15.8 Å². The Hall–Kier alpha value is -1.18. The van der Waals surface area contributed by atoms with Crippen molar-refractivity contribution in [2.24, 2.45) is 0 Å². The van der Waals surface area contributed by atoms with Gasteiger partial charge in [0.1, 0.15) is 5.82 Å². The summed E-state index contributed by atoms with van der Waals surface area (Å²) in [5.41, 5.74) is 0. The molecule has 1 saturated heterocycles. The number of rotatable bonds is 4. The second-order valence-corrected chi connectivity index (χ2v) is 6.36. The Morgan fingerprint density at radius 2 is 2.26 bits per heavy atom. The zero-order valence-corrected chi connectivity index (χ0v) is 11.9. The highest BCUT2D eigenvalue weighted by Gasteiger charge is 2.25. The lowest BCUT2D eigenvalue weighted by Gasteiger charge is -2.27. The standard InChI is InChI=1S/C12H19N3O3S/c1-9-7-10(4-6-18-9)15-19(16,17)11-3-5-14-12(8-11)13-2/h3,5,8-10,15H,4,6-7H2,1-2H3,(H,13,14). The molecule has 2 heterocycles. The molecule has 2 atom stereocenters. The van der Waals surface area contributed by atoms with E-state index < -0.39 is 10.0 Å². The van der Waals surface area contributed by atoms with Crippen molar-refractivity contribution in [2.75, 3.05) is 19.0 Å². The summed E-state index contributed by atoms with van der Waals surface area (Å²) in [5, 5.41) is 2.83. The number of nitrogens with one attached hydrogen (secondary N) is 2. The van der Waals surface area contributed by atoms with Gasteiger partial charge in [-0.05, 0) is 25.8 Å². The van der Waals surface area contributed by atoms with Crippen LogP contribution in [-0.4, -0.2) is 39.2 Å². The lowest BCUT2D eigenvalue weighted by atomic mass is 10.1. The molecular formula is C12H19N3O3S. The highest BCUT2D eigenvalue weighted by atomic mass is 32.2. The van der Waals surface area contributed by atoms with Crippen molar-refractivity contribution < 1.29 is 13.2 Å². The van der Waals surface area contributed by atoms with Gasteiger partial charge >= 0.3 is 0 Å². The summed E-state index contributed by atoms with van der Waals surface area (Å²) in [6.45, 7) is 2.54. The molecule has 0 saturated carbocycles. The van der Waals surface area contributed by atoms with Gasteiger partial charge in [-0.15, -0.1) is 0 Å². The normalized spacial score (nSPS) is 24.1. The first-order valence-electron chi connectivity index (χ1n) is 6.29. The van der Waals surface area contributed by atoms with Crippen LogP contribution in [0.4, 0.5) is 5.82 Å². The summed E-state index contributed by atoms with van der Waals surface area (Å²) in [6.07, 6.45) is 2.97. The van der Waals surface area contributed by atoms with Crippen LogP contribution >= 0.6 is 0 Å². The number of anilines is 1. The van der Waals surface area contributed by atoms with Crippen LogP contribution in [0.2, 0.25) is 0 Å². The molecule has 2 unspecified atom stereocenters. The summed E-state index contributed by atoms with van der Waals surface area (Å²) in [4.78, 5) is 4.23. The van der Waals surface area contributed by atoms with Crippen molar-refractivity contribution in [1.82, 2.24) is 9.71 Å². The summed E-state index contributed by atoms with van der Waals surface area (Å²) in [6, 6.07) is 2.94. The van der Waals surface area contributed by atoms with E-state index in [1.807, 2.05) is 6.92 Å². The summed E-state index contributed by atoms with van der Waals surface area (Å²) >= 11 is 0. The van der Waals surface area contributed by atoms with Gasteiger partial charge in [-0.1, -0.05) is 0 Å². The lowest BCUT2D eigenvalue weighted by Crippen LogP contribution is -2.41. The molecule has 106 valence electrons. The van der Waals surface area contributed by atoms with Crippen molar-refractivity contribution in [3.63, 3.8) is 0 Å². The van der Waals surface area contributed by atoms with E-state index in [0.717, 1.165) is 0 Å². The topological polar surface area (TPSA) is 80.3 Å². The fraction of sp³-hybridized carbons (Fsp3) is 0.583. The van der Waals surface area contributed by atoms with Gasteiger partial charge in [0.05, 0.1) is 11.0 Å². The lowest BCUT2D eigenvalue weighted by molar-refractivity contribution is 0.0173. The SMILES string of the molecule is CNc1cc(S(=O)(=O)NC2CCOC(C)C2)ccn1. The van der Waals surface area contributed by atoms with Crippen molar-refractivity contribution in [1.29, 1.82) is 0 Å². The molecule has 0 bridgehead atoms. The highest BCUT2D eigenvalue weighted by molar-refractivity contribution is 7.89. The predicted octanol–water partition coefficient (Wildman–Crippen LogP) is 0.969. The van der Waals surface area contributed by atoms with Gasteiger partial charge in [-0.25, -0.2) is 18.1 Å². The summed E-state index contributed by atoms with van der Waals surface area (Å²) in [5.74, 6) is 0.531. The Bertz CT molecular complexity index is 533. The molecular weight excluding hydrogens is 266 g/mol. The second-order valence-electron chi connectivity index (χ2n) is 4.65. The Kier molecular flexibility index (Phi) is 4.38. The molecule has 0 amide bonds. The van der Waals surface area contributed by atoms with Gasteiger partial charge in [-0.2, -0.15) is 0 Å². The van der Waals surface area contributed by atoms with Crippen LogP contribution in [-0.2, 0) is 14.8 Å². The van der Waals surface area contributed by atoms with Crippen molar-refractivity contribution in [2.45, 2.75) is 36.8 Å². The number of sulfonamides is 1. The average Bonchev–Trinajstić information content (AvgIpc) is 2.38. The molecule has 19 heavy (non-hydrogen) atoms. The van der Waals surface area contributed by atoms with Crippen LogP contribution in [0.25, 0.3) is 0 Å². The van der Waals surface area contributed by atoms with E-state index in [1.54, 1.807) is 7.05 Å². The number of aromatic nitrogens is 1. The maximum Gasteiger partial charge on any atom is 0.241 e. The van der Waals surface area contributed by atoms with E-state index in [4.69, 9.17) is 4.74 Å². The fourth-order valence-electron chi connectivity index (χ4n) is 2.11. The number of hydrogen-bond acceptors (Lipinski definition) is 5. The number of pyridine rings is 1. The smallest absolute Gasteiger partial charge is 0.241 e. The first kappa shape index (κ1) is 14.2. The van der Waals surface area contributed by atoms with Crippen LogP contribution in [0.1, 0.15) is 19.8 Å². The fourth-order valence-corrected chi connectivity index (χ4v) is 3.40. The van der Waals surface area contributed by atoms with E-state index in [2.05, 4.69) is 15.0 Å². The maximum atomic E-state index is 12.3. The van der Waals surface area contributed by atoms with E-state index in [-0.39, 0.29) is 17.0 Å². The molecule has 6 nitrogen and oxygen atoms in total. The number of nitrogens with zero attached hydrogens (tertiary/aromatic N) is 1. The monoisotopic (exact) mass is 285 g/mol. The Morgan fingerprint density at radius 1 is 1.47 bits per heavy atom. The third-order valence-electron chi connectivity index (χ3n) is 3.10. The van der Waals surface area contributed by atoms with Gasteiger partial charge in [-0.3, -0.25) is 0 Å². The first-order valence-corrected chi connectivity index (χ1v) is 7.77.